The van der Waals surface area contributed by atoms with E-state index in [2.05, 4.69) is 10.6 Å². The molecule has 7 heteroatoms. The van der Waals surface area contributed by atoms with E-state index >= 15 is 0 Å². The second-order valence-corrected chi connectivity index (χ2v) is 6.31. The highest BCUT2D eigenvalue weighted by molar-refractivity contribution is 5.95. The standard InChI is InChI=1S/C19H26N2O5/c1-2-3-12-25-18(23)14-8-10-16(11-9-14)26-13-17(22)21-19(24)20-15-6-4-5-7-15/h8-11,15H,2-7,12-13H2,1H3,(H2,20,21,22,24). The Balaban J connectivity index is 1.70. The number of ether oxygens (including phenoxy) is 2. The Labute approximate surface area is 153 Å². The molecule has 1 saturated carbocycles. The van der Waals surface area contributed by atoms with Crippen molar-refractivity contribution in [1.29, 1.82) is 0 Å². The number of esters is 1. The van der Waals surface area contributed by atoms with Crippen molar-refractivity contribution in [1.82, 2.24) is 10.6 Å². The van der Waals surface area contributed by atoms with Gasteiger partial charge in [0.15, 0.2) is 6.61 Å². The summed E-state index contributed by atoms with van der Waals surface area (Å²) in [5.41, 5.74) is 0.425. The second-order valence-electron chi connectivity index (χ2n) is 6.31. The van der Waals surface area contributed by atoms with Crippen LogP contribution in [-0.2, 0) is 9.53 Å². The van der Waals surface area contributed by atoms with Crippen LogP contribution in [0, 0.1) is 0 Å². The SMILES string of the molecule is CCCCOC(=O)c1ccc(OCC(=O)NC(=O)NC2CCCC2)cc1. The van der Waals surface area contributed by atoms with Crippen LogP contribution in [0.25, 0.3) is 0 Å². The molecular weight excluding hydrogens is 336 g/mol. The van der Waals surface area contributed by atoms with Crippen LogP contribution in [-0.4, -0.2) is 37.2 Å². The molecule has 0 aliphatic heterocycles. The first kappa shape index (κ1) is 19.8. The van der Waals surface area contributed by atoms with Gasteiger partial charge < -0.3 is 14.8 Å². The first-order valence-corrected chi connectivity index (χ1v) is 9.09. The molecule has 0 saturated heterocycles. The normalized spacial score (nSPS) is 13.9. The largest absolute Gasteiger partial charge is 0.484 e. The Bertz CT molecular complexity index is 609. The lowest BCUT2D eigenvalue weighted by Gasteiger charge is -2.12. The van der Waals surface area contributed by atoms with Crippen LogP contribution in [0.2, 0.25) is 0 Å². The van der Waals surface area contributed by atoms with Crippen molar-refractivity contribution in [3.05, 3.63) is 29.8 Å². The molecule has 26 heavy (non-hydrogen) atoms. The zero-order valence-electron chi connectivity index (χ0n) is 15.1. The van der Waals surface area contributed by atoms with E-state index < -0.39 is 11.9 Å². The molecule has 2 N–H and O–H groups in total. The van der Waals surface area contributed by atoms with Gasteiger partial charge >= 0.3 is 12.0 Å². The maximum atomic E-state index is 11.8. The summed E-state index contributed by atoms with van der Waals surface area (Å²) in [5.74, 6) is -0.476. The Morgan fingerprint density at radius 3 is 2.46 bits per heavy atom. The smallest absolute Gasteiger partial charge is 0.338 e. The number of nitrogens with one attached hydrogen (secondary N) is 2. The number of unbranched alkanes of at least 4 members (excludes halogenated alkanes) is 1. The molecule has 3 amide bonds. The van der Waals surface area contributed by atoms with Crippen LogP contribution < -0.4 is 15.4 Å². The van der Waals surface area contributed by atoms with Gasteiger partial charge in [-0.25, -0.2) is 9.59 Å². The summed E-state index contributed by atoms with van der Waals surface area (Å²) in [4.78, 5) is 35.2. The van der Waals surface area contributed by atoms with Gasteiger partial charge in [-0.05, 0) is 43.5 Å². The zero-order chi connectivity index (χ0) is 18.8. The highest BCUT2D eigenvalue weighted by atomic mass is 16.5. The van der Waals surface area contributed by atoms with Gasteiger partial charge in [-0.1, -0.05) is 26.2 Å². The van der Waals surface area contributed by atoms with E-state index in [1.165, 1.54) is 0 Å². The molecule has 0 heterocycles. The fourth-order valence-corrected chi connectivity index (χ4v) is 2.68. The lowest BCUT2D eigenvalue weighted by atomic mass is 10.2. The minimum Gasteiger partial charge on any atom is -0.484 e. The molecule has 0 spiro atoms. The van der Waals surface area contributed by atoms with E-state index in [0.29, 0.717) is 17.9 Å². The predicted molar refractivity (Wildman–Crippen MR) is 96.1 cm³/mol. The lowest BCUT2D eigenvalue weighted by molar-refractivity contribution is -0.122. The molecule has 0 bridgehead atoms. The van der Waals surface area contributed by atoms with Crippen LogP contribution in [0.3, 0.4) is 0 Å². The van der Waals surface area contributed by atoms with Crippen molar-refractivity contribution >= 4 is 17.9 Å². The van der Waals surface area contributed by atoms with Gasteiger partial charge in [-0.15, -0.1) is 0 Å². The van der Waals surface area contributed by atoms with E-state index in [1.807, 2.05) is 6.92 Å². The molecule has 1 fully saturated rings. The Kier molecular flexibility index (Phi) is 7.92. The van der Waals surface area contributed by atoms with Crippen LogP contribution in [0.5, 0.6) is 5.75 Å². The Morgan fingerprint density at radius 2 is 1.81 bits per heavy atom. The summed E-state index contributed by atoms with van der Waals surface area (Å²) >= 11 is 0. The van der Waals surface area contributed by atoms with Gasteiger partial charge in [-0.2, -0.15) is 0 Å². The Morgan fingerprint density at radius 1 is 1.12 bits per heavy atom. The minimum absolute atomic E-state index is 0.147. The molecule has 1 aliphatic rings. The van der Waals surface area contributed by atoms with Crippen molar-refractivity contribution in [3.8, 4) is 5.75 Å². The summed E-state index contributed by atoms with van der Waals surface area (Å²) in [6.07, 6.45) is 5.89. The highest BCUT2D eigenvalue weighted by Gasteiger charge is 2.18. The molecule has 0 atom stereocenters. The number of carbonyl (C=O) groups is 3. The number of benzene rings is 1. The predicted octanol–water partition coefficient (Wildman–Crippen LogP) is 2.79. The van der Waals surface area contributed by atoms with Gasteiger partial charge in [0.2, 0.25) is 0 Å². The van der Waals surface area contributed by atoms with Crippen LogP contribution in [0.1, 0.15) is 55.8 Å². The minimum atomic E-state index is -0.524. The fourth-order valence-electron chi connectivity index (χ4n) is 2.68. The number of urea groups is 1. The number of hydrogen-bond acceptors (Lipinski definition) is 5. The van der Waals surface area contributed by atoms with Crippen LogP contribution in [0.4, 0.5) is 4.79 Å². The third-order valence-electron chi connectivity index (χ3n) is 4.13. The highest BCUT2D eigenvalue weighted by Crippen LogP contribution is 2.17. The first-order valence-electron chi connectivity index (χ1n) is 9.09. The molecule has 0 radical (unpaired) electrons. The average molecular weight is 362 g/mol. The van der Waals surface area contributed by atoms with Crippen molar-refractivity contribution in [2.45, 2.75) is 51.5 Å². The summed E-state index contributed by atoms with van der Waals surface area (Å²) in [7, 11) is 0. The molecule has 1 aliphatic carbocycles. The summed E-state index contributed by atoms with van der Waals surface area (Å²) in [5, 5.41) is 5.02. The van der Waals surface area contributed by atoms with Crippen LogP contribution in [0.15, 0.2) is 24.3 Å². The molecule has 0 unspecified atom stereocenters. The van der Waals surface area contributed by atoms with Crippen LogP contribution >= 0.6 is 0 Å². The fraction of sp³-hybridized carbons (Fsp3) is 0.526. The maximum absolute atomic E-state index is 11.8. The topological polar surface area (TPSA) is 93.7 Å². The van der Waals surface area contributed by atoms with Gasteiger partial charge in [0.05, 0.1) is 12.2 Å². The van der Waals surface area contributed by atoms with Crippen molar-refractivity contribution in [2.24, 2.45) is 0 Å². The molecule has 142 valence electrons. The molecule has 1 aromatic rings. The lowest BCUT2D eigenvalue weighted by Crippen LogP contribution is -2.45. The quantitative estimate of drug-likeness (QED) is 0.548. The van der Waals surface area contributed by atoms with E-state index in [0.717, 1.165) is 38.5 Å². The van der Waals surface area contributed by atoms with Gasteiger partial charge in [0.25, 0.3) is 5.91 Å². The third-order valence-corrected chi connectivity index (χ3v) is 4.13. The monoisotopic (exact) mass is 362 g/mol. The number of hydrogen-bond donors (Lipinski definition) is 2. The van der Waals surface area contributed by atoms with Crippen molar-refractivity contribution in [2.75, 3.05) is 13.2 Å². The molecular formula is C19H26N2O5. The molecule has 7 nitrogen and oxygen atoms in total. The first-order chi connectivity index (χ1) is 12.6. The average Bonchev–Trinajstić information content (AvgIpc) is 3.13. The Hall–Kier alpha value is -2.57. The summed E-state index contributed by atoms with van der Waals surface area (Å²) in [6.45, 7) is 2.14. The second kappa shape index (κ2) is 10.4. The third kappa shape index (κ3) is 6.74. The van der Waals surface area contributed by atoms with E-state index in [4.69, 9.17) is 9.47 Å². The maximum Gasteiger partial charge on any atom is 0.338 e. The number of carbonyl (C=O) groups excluding carboxylic acids is 3. The van der Waals surface area contributed by atoms with Crippen molar-refractivity contribution < 1.29 is 23.9 Å². The number of imide groups is 1. The number of amides is 3. The van der Waals surface area contributed by atoms with Gasteiger partial charge in [0.1, 0.15) is 5.75 Å². The molecule has 1 aromatic carbocycles. The van der Waals surface area contributed by atoms with Gasteiger partial charge in [0, 0.05) is 6.04 Å². The van der Waals surface area contributed by atoms with E-state index in [-0.39, 0.29) is 18.6 Å². The summed E-state index contributed by atoms with van der Waals surface area (Å²) in [6, 6.07) is 5.98. The zero-order valence-corrected chi connectivity index (χ0v) is 15.1. The molecule has 2 rings (SSSR count). The van der Waals surface area contributed by atoms with E-state index in [9.17, 15) is 14.4 Å². The van der Waals surface area contributed by atoms with E-state index in [1.54, 1.807) is 24.3 Å². The van der Waals surface area contributed by atoms with Crippen molar-refractivity contribution in [3.63, 3.8) is 0 Å². The molecule has 0 aromatic heterocycles. The van der Waals surface area contributed by atoms with Gasteiger partial charge in [-0.3, -0.25) is 10.1 Å². The number of rotatable bonds is 8. The summed E-state index contributed by atoms with van der Waals surface area (Å²) < 4.78 is 10.4.